The predicted octanol–water partition coefficient (Wildman–Crippen LogP) is 2.61. The van der Waals surface area contributed by atoms with Crippen molar-refractivity contribution in [1.82, 2.24) is 0 Å². The lowest BCUT2D eigenvalue weighted by Gasteiger charge is -1.95. The third-order valence-corrected chi connectivity index (χ3v) is 1.55. The van der Waals surface area contributed by atoms with Crippen molar-refractivity contribution in [2.75, 3.05) is 0 Å². The van der Waals surface area contributed by atoms with Crippen LogP contribution in [0.25, 0.3) is 0 Å². The van der Waals surface area contributed by atoms with Crippen LogP contribution in [0.15, 0.2) is 24.3 Å². The largest absolute Gasteiger partial charge is 0.198 e. The Kier molecular flexibility index (Phi) is 2.95. The minimum absolute atomic E-state index is 0.664. The van der Waals surface area contributed by atoms with Crippen LogP contribution in [0.1, 0.15) is 5.56 Å². The first-order chi connectivity index (χ1) is 5.33. The second-order valence-electron chi connectivity index (χ2n) is 2.17. The average molecular weight is 165 g/mol. The smallest absolute Gasteiger partial charge is 0.0673 e. The van der Waals surface area contributed by atoms with Gasteiger partial charge in [-0.1, -0.05) is 23.7 Å². The molecule has 0 fully saturated rings. The van der Waals surface area contributed by atoms with Gasteiger partial charge >= 0.3 is 0 Å². The maximum Gasteiger partial charge on any atom is 0.0673 e. The molecule has 1 aromatic carbocycles. The first kappa shape index (κ1) is 8.10. The van der Waals surface area contributed by atoms with Crippen LogP contribution in [0.5, 0.6) is 0 Å². The maximum atomic E-state index is 8.26. The summed E-state index contributed by atoms with van der Waals surface area (Å²) in [4.78, 5) is 0. The molecular formula is C9H7ClN. The van der Waals surface area contributed by atoms with Gasteiger partial charge in [-0.15, -0.1) is 0 Å². The van der Waals surface area contributed by atoms with Crippen molar-refractivity contribution < 1.29 is 0 Å². The van der Waals surface area contributed by atoms with E-state index in [1.807, 2.05) is 30.3 Å². The second-order valence-corrected chi connectivity index (χ2v) is 2.60. The predicted molar refractivity (Wildman–Crippen MR) is 45.1 cm³/mol. The summed E-state index contributed by atoms with van der Waals surface area (Å²) in [5.74, 6) is 0. The molecule has 0 saturated carbocycles. The van der Waals surface area contributed by atoms with Crippen LogP contribution in [-0.2, 0) is 6.42 Å². The first-order valence-corrected chi connectivity index (χ1v) is 3.66. The van der Waals surface area contributed by atoms with Gasteiger partial charge in [0.05, 0.1) is 12.5 Å². The first-order valence-electron chi connectivity index (χ1n) is 3.28. The quantitative estimate of drug-likeness (QED) is 0.659. The molecule has 0 spiro atoms. The monoisotopic (exact) mass is 164 g/mol. The summed E-state index contributed by atoms with van der Waals surface area (Å²) in [5.41, 5.74) is 1.07. The van der Waals surface area contributed by atoms with E-state index in [1.54, 1.807) is 6.42 Å². The molecule has 0 N–H and O–H groups in total. The maximum absolute atomic E-state index is 8.26. The van der Waals surface area contributed by atoms with Gasteiger partial charge in [0.25, 0.3) is 0 Å². The van der Waals surface area contributed by atoms with E-state index in [-0.39, 0.29) is 0 Å². The minimum Gasteiger partial charge on any atom is -0.198 e. The van der Waals surface area contributed by atoms with Crippen LogP contribution in [0.3, 0.4) is 0 Å². The van der Waals surface area contributed by atoms with Crippen molar-refractivity contribution in [1.29, 1.82) is 5.26 Å². The zero-order chi connectivity index (χ0) is 8.10. The standard InChI is InChI=1S/C9H7ClN/c10-9-5-1-3-8(7-9)4-2-6-11/h1-3,5,7H,4H2. The molecule has 0 saturated heterocycles. The fourth-order valence-corrected chi connectivity index (χ4v) is 1.04. The molecule has 0 heterocycles. The summed E-state index contributed by atoms with van der Waals surface area (Å²) in [6, 6.07) is 9.46. The molecule has 0 bridgehead atoms. The lowest BCUT2D eigenvalue weighted by atomic mass is 10.1. The number of nitrogens with zero attached hydrogens (tertiary/aromatic N) is 1. The molecule has 2 heteroatoms. The SMILES string of the molecule is N#C[CH]Cc1cccc(Cl)c1. The average Bonchev–Trinajstić information content (AvgIpc) is 2.01. The van der Waals surface area contributed by atoms with E-state index < -0.39 is 0 Å². The van der Waals surface area contributed by atoms with Gasteiger partial charge in [0.15, 0.2) is 0 Å². The Morgan fingerprint density at radius 3 is 3.00 bits per heavy atom. The number of rotatable bonds is 2. The minimum atomic E-state index is 0.664. The second kappa shape index (κ2) is 4.00. The van der Waals surface area contributed by atoms with Crippen LogP contribution < -0.4 is 0 Å². The summed E-state index contributed by atoms with van der Waals surface area (Å²) in [6.07, 6.45) is 2.21. The Balaban J connectivity index is 2.65. The summed E-state index contributed by atoms with van der Waals surface area (Å²) in [6.45, 7) is 0. The van der Waals surface area contributed by atoms with E-state index in [0.29, 0.717) is 11.4 Å². The third kappa shape index (κ3) is 2.61. The van der Waals surface area contributed by atoms with Gasteiger partial charge in [0, 0.05) is 5.02 Å². The zero-order valence-corrected chi connectivity index (χ0v) is 6.67. The summed E-state index contributed by atoms with van der Waals surface area (Å²) >= 11 is 5.73. The van der Waals surface area contributed by atoms with Crippen molar-refractivity contribution >= 4 is 11.6 Å². The molecule has 1 radical (unpaired) electrons. The Bertz CT molecular complexity index is 275. The molecular weight excluding hydrogens is 158 g/mol. The molecule has 0 aliphatic heterocycles. The highest BCUT2D eigenvalue weighted by Crippen LogP contribution is 2.11. The summed E-state index contributed by atoms with van der Waals surface area (Å²) < 4.78 is 0. The van der Waals surface area contributed by atoms with Gasteiger partial charge in [-0.2, -0.15) is 5.26 Å². The Hall–Kier alpha value is -1.00. The third-order valence-electron chi connectivity index (χ3n) is 1.32. The van der Waals surface area contributed by atoms with Gasteiger partial charge in [0.2, 0.25) is 0 Å². The summed E-state index contributed by atoms with van der Waals surface area (Å²) in [7, 11) is 0. The fraction of sp³-hybridized carbons (Fsp3) is 0.111. The molecule has 0 aliphatic rings. The molecule has 11 heavy (non-hydrogen) atoms. The van der Waals surface area contributed by atoms with E-state index in [1.165, 1.54) is 0 Å². The summed E-state index contributed by atoms with van der Waals surface area (Å²) in [5, 5.41) is 8.97. The number of nitriles is 1. The van der Waals surface area contributed by atoms with E-state index in [2.05, 4.69) is 0 Å². The molecule has 0 atom stereocenters. The lowest BCUT2D eigenvalue weighted by molar-refractivity contribution is 1.20. The van der Waals surface area contributed by atoms with Gasteiger partial charge in [0.1, 0.15) is 0 Å². The molecule has 1 rings (SSSR count). The molecule has 0 aliphatic carbocycles. The molecule has 1 nitrogen and oxygen atoms in total. The fourth-order valence-electron chi connectivity index (χ4n) is 0.827. The number of hydrogen-bond acceptors (Lipinski definition) is 1. The Morgan fingerprint density at radius 2 is 2.36 bits per heavy atom. The highest BCUT2D eigenvalue weighted by molar-refractivity contribution is 6.30. The zero-order valence-electron chi connectivity index (χ0n) is 5.92. The molecule has 0 amide bonds. The van der Waals surface area contributed by atoms with Crippen LogP contribution >= 0.6 is 11.6 Å². The van der Waals surface area contributed by atoms with Gasteiger partial charge in [-0.25, -0.2) is 0 Å². The van der Waals surface area contributed by atoms with Crippen molar-refractivity contribution in [2.45, 2.75) is 6.42 Å². The van der Waals surface area contributed by atoms with Crippen LogP contribution in [0, 0.1) is 17.8 Å². The molecule has 55 valence electrons. The van der Waals surface area contributed by atoms with E-state index >= 15 is 0 Å². The van der Waals surface area contributed by atoms with Crippen molar-refractivity contribution in [3.05, 3.63) is 41.3 Å². The van der Waals surface area contributed by atoms with Crippen molar-refractivity contribution in [2.24, 2.45) is 0 Å². The van der Waals surface area contributed by atoms with Gasteiger partial charge in [-0.05, 0) is 24.1 Å². The van der Waals surface area contributed by atoms with Crippen molar-refractivity contribution in [3.8, 4) is 6.07 Å². The molecule has 1 aromatic rings. The van der Waals surface area contributed by atoms with E-state index in [4.69, 9.17) is 16.9 Å². The number of hydrogen-bond donors (Lipinski definition) is 0. The van der Waals surface area contributed by atoms with Crippen LogP contribution in [0.4, 0.5) is 0 Å². The number of halogens is 1. The normalized spacial score (nSPS) is 9.09. The van der Waals surface area contributed by atoms with Crippen LogP contribution in [-0.4, -0.2) is 0 Å². The lowest BCUT2D eigenvalue weighted by Crippen LogP contribution is -1.82. The van der Waals surface area contributed by atoms with Gasteiger partial charge in [-0.3, -0.25) is 0 Å². The highest BCUT2D eigenvalue weighted by Gasteiger charge is 1.92. The van der Waals surface area contributed by atoms with Gasteiger partial charge < -0.3 is 0 Å². The van der Waals surface area contributed by atoms with E-state index in [0.717, 1.165) is 5.56 Å². The highest BCUT2D eigenvalue weighted by atomic mass is 35.5. The Morgan fingerprint density at radius 1 is 1.55 bits per heavy atom. The molecule has 0 aromatic heterocycles. The number of benzene rings is 1. The van der Waals surface area contributed by atoms with Crippen molar-refractivity contribution in [3.63, 3.8) is 0 Å². The van der Waals surface area contributed by atoms with E-state index in [9.17, 15) is 0 Å². The van der Waals surface area contributed by atoms with Crippen LogP contribution in [0.2, 0.25) is 5.02 Å². The molecule has 0 unspecified atom stereocenters. The topological polar surface area (TPSA) is 23.8 Å². The Labute approximate surface area is 71.2 Å².